The van der Waals surface area contributed by atoms with E-state index in [-0.39, 0.29) is 0 Å². The van der Waals surface area contributed by atoms with E-state index in [1.807, 2.05) is 0 Å². The van der Waals surface area contributed by atoms with Crippen LogP contribution in [0.4, 0.5) is 0 Å². The average molecular weight is 183 g/mol. The minimum absolute atomic E-state index is 0.362. The Balaban J connectivity index is 2.63. The topological polar surface area (TPSA) is 26.0 Å². The minimum Gasteiger partial charge on any atom is -0.330 e. The van der Waals surface area contributed by atoms with E-state index in [9.17, 15) is 0 Å². The number of hydrogen-bond acceptors (Lipinski definition) is 1. The normalized spacial score (nSPS) is 30.5. The van der Waals surface area contributed by atoms with Crippen LogP contribution in [-0.2, 0) is 0 Å². The van der Waals surface area contributed by atoms with E-state index in [0.717, 1.165) is 18.4 Å². The Morgan fingerprint density at radius 3 is 2.38 bits per heavy atom. The summed E-state index contributed by atoms with van der Waals surface area (Å²) in [5, 5.41) is 0. The van der Waals surface area contributed by atoms with Crippen LogP contribution in [0.5, 0.6) is 0 Å². The fraction of sp³-hybridized carbons (Fsp3) is 1.00. The third kappa shape index (κ3) is 2.46. The van der Waals surface area contributed by atoms with Gasteiger partial charge < -0.3 is 5.73 Å². The zero-order chi connectivity index (χ0) is 9.90. The molecule has 0 bridgehead atoms. The average Bonchev–Trinajstić information content (AvgIpc) is 2.18. The minimum atomic E-state index is 0.362. The fourth-order valence-corrected chi connectivity index (χ4v) is 2.88. The predicted molar refractivity (Wildman–Crippen MR) is 58.6 cm³/mol. The van der Waals surface area contributed by atoms with Crippen LogP contribution in [0.25, 0.3) is 0 Å². The van der Waals surface area contributed by atoms with Gasteiger partial charge in [-0.25, -0.2) is 0 Å². The smallest absolute Gasteiger partial charge is 0.00231 e. The second kappa shape index (κ2) is 4.45. The Labute approximate surface area is 83.1 Å². The van der Waals surface area contributed by atoms with Gasteiger partial charge in [-0.1, -0.05) is 46.5 Å². The lowest BCUT2D eigenvalue weighted by Gasteiger charge is -2.41. The molecule has 2 atom stereocenters. The summed E-state index contributed by atoms with van der Waals surface area (Å²) in [5.41, 5.74) is 6.22. The maximum Gasteiger partial charge on any atom is -0.00231 e. The molecule has 2 unspecified atom stereocenters. The molecule has 1 heteroatoms. The van der Waals surface area contributed by atoms with Crippen molar-refractivity contribution in [1.82, 2.24) is 0 Å². The van der Waals surface area contributed by atoms with Crippen molar-refractivity contribution < 1.29 is 0 Å². The van der Waals surface area contributed by atoms with E-state index in [4.69, 9.17) is 5.73 Å². The van der Waals surface area contributed by atoms with Crippen molar-refractivity contribution in [2.75, 3.05) is 6.54 Å². The zero-order valence-corrected chi connectivity index (χ0v) is 9.47. The summed E-state index contributed by atoms with van der Waals surface area (Å²) < 4.78 is 0. The standard InChI is InChI=1S/C12H25N/c1-4-10-7-5-6-8-11(10)12(2,3)9-13/h10-11H,4-9,13H2,1-3H3. The third-order valence-electron chi connectivity index (χ3n) is 3.96. The van der Waals surface area contributed by atoms with Crippen LogP contribution in [0.3, 0.4) is 0 Å². The van der Waals surface area contributed by atoms with Crippen molar-refractivity contribution >= 4 is 0 Å². The molecule has 78 valence electrons. The van der Waals surface area contributed by atoms with Gasteiger partial charge in [0.2, 0.25) is 0 Å². The van der Waals surface area contributed by atoms with E-state index in [2.05, 4.69) is 20.8 Å². The molecule has 1 fully saturated rings. The molecule has 0 saturated heterocycles. The van der Waals surface area contributed by atoms with Gasteiger partial charge >= 0.3 is 0 Å². The summed E-state index contributed by atoms with van der Waals surface area (Å²) in [6.07, 6.45) is 7.04. The SMILES string of the molecule is CCC1CCCCC1C(C)(C)CN. The van der Waals surface area contributed by atoms with Crippen LogP contribution < -0.4 is 5.73 Å². The van der Waals surface area contributed by atoms with Crippen LogP contribution in [0.15, 0.2) is 0 Å². The van der Waals surface area contributed by atoms with E-state index < -0.39 is 0 Å². The van der Waals surface area contributed by atoms with Crippen LogP contribution in [0.1, 0.15) is 52.9 Å². The molecular formula is C12H25N. The van der Waals surface area contributed by atoms with Crippen LogP contribution in [0.2, 0.25) is 0 Å². The summed E-state index contributed by atoms with van der Waals surface area (Å²) in [6, 6.07) is 0. The first-order valence-electron chi connectivity index (χ1n) is 5.82. The Hall–Kier alpha value is -0.0400. The second-order valence-corrected chi connectivity index (χ2v) is 5.25. The molecule has 1 nitrogen and oxygen atoms in total. The van der Waals surface area contributed by atoms with Gasteiger partial charge in [0, 0.05) is 0 Å². The van der Waals surface area contributed by atoms with Crippen LogP contribution >= 0.6 is 0 Å². The van der Waals surface area contributed by atoms with Gasteiger partial charge in [-0.15, -0.1) is 0 Å². The molecule has 1 aliphatic rings. The van der Waals surface area contributed by atoms with Crippen molar-refractivity contribution in [3.8, 4) is 0 Å². The quantitative estimate of drug-likeness (QED) is 0.714. The number of rotatable bonds is 3. The van der Waals surface area contributed by atoms with E-state index in [1.165, 1.54) is 32.1 Å². The summed E-state index contributed by atoms with van der Waals surface area (Å²) in [5.74, 6) is 1.81. The highest BCUT2D eigenvalue weighted by molar-refractivity contribution is 4.86. The Kier molecular flexibility index (Phi) is 3.78. The first-order valence-corrected chi connectivity index (χ1v) is 5.82. The molecule has 1 saturated carbocycles. The van der Waals surface area contributed by atoms with E-state index in [0.29, 0.717) is 5.41 Å². The van der Waals surface area contributed by atoms with Crippen molar-refractivity contribution in [2.45, 2.75) is 52.9 Å². The van der Waals surface area contributed by atoms with Gasteiger partial charge in [0.25, 0.3) is 0 Å². The van der Waals surface area contributed by atoms with Gasteiger partial charge in [0.15, 0.2) is 0 Å². The highest BCUT2D eigenvalue weighted by Crippen LogP contribution is 2.42. The molecule has 13 heavy (non-hydrogen) atoms. The molecule has 0 heterocycles. The van der Waals surface area contributed by atoms with Gasteiger partial charge in [0.1, 0.15) is 0 Å². The van der Waals surface area contributed by atoms with E-state index >= 15 is 0 Å². The molecule has 0 aliphatic heterocycles. The molecule has 0 amide bonds. The van der Waals surface area contributed by atoms with Crippen molar-refractivity contribution in [1.29, 1.82) is 0 Å². The molecular weight excluding hydrogens is 158 g/mol. The van der Waals surface area contributed by atoms with Gasteiger partial charge in [-0.05, 0) is 30.2 Å². The molecule has 0 aromatic rings. The zero-order valence-electron chi connectivity index (χ0n) is 9.47. The van der Waals surface area contributed by atoms with Crippen molar-refractivity contribution in [3.63, 3.8) is 0 Å². The van der Waals surface area contributed by atoms with Crippen LogP contribution in [0, 0.1) is 17.3 Å². The van der Waals surface area contributed by atoms with Crippen molar-refractivity contribution in [3.05, 3.63) is 0 Å². The summed E-state index contributed by atoms with van der Waals surface area (Å²) in [7, 11) is 0. The molecule has 1 aliphatic carbocycles. The predicted octanol–water partition coefficient (Wildman–Crippen LogP) is 3.19. The first-order chi connectivity index (χ1) is 6.11. The fourth-order valence-electron chi connectivity index (χ4n) is 2.88. The Morgan fingerprint density at radius 1 is 1.23 bits per heavy atom. The first kappa shape index (κ1) is 11.0. The molecule has 1 rings (SSSR count). The molecule has 2 N–H and O–H groups in total. The highest BCUT2D eigenvalue weighted by atomic mass is 14.6. The summed E-state index contributed by atoms with van der Waals surface area (Å²) >= 11 is 0. The third-order valence-corrected chi connectivity index (χ3v) is 3.96. The monoisotopic (exact) mass is 183 g/mol. The summed E-state index contributed by atoms with van der Waals surface area (Å²) in [6.45, 7) is 7.85. The maximum absolute atomic E-state index is 5.85. The van der Waals surface area contributed by atoms with Crippen molar-refractivity contribution in [2.24, 2.45) is 23.0 Å². The number of nitrogens with two attached hydrogens (primary N) is 1. The Bertz CT molecular complexity index is 151. The molecule has 0 spiro atoms. The van der Waals surface area contributed by atoms with Gasteiger partial charge in [-0.3, -0.25) is 0 Å². The lowest BCUT2D eigenvalue weighted by atomic mass is 9.65. The summed E-state index contributed by atoms with van der Waals surface area (Å²) in [4.78, 5) is 0. The van der Waals surface area contributed by atoms with E-state index in [1.54, 1.807) is 0 Å². The Morgan fingerprint density at radius 2 is 1.85 bits per heavy atom. The largest absolute Gasteiger partial charge is 0.330 e. The lowest BCUT2D eigenvalue weighted by Crippen LogP contribution is -2.38. The molecule has 0 aromatic heterocycles. The molecule has 0 radical (unpaired) electrons. The maximum atomic E-state index is 5.85. The lowest BCUT2D eigenvalue weighted by molar-refractivity contribution is 0.0962. The van der Waals surface area contributed by atoms with Gasteiger partial charge in [-0.2, -0.15) is 0 Å². The highest BCUT2D eigenvalue weighted by Gasteiger charge is 2.34. The molecule has 0 aromatic carbocycles. The second-order valence-electron chi connectivity index (χ2n) is 5.25. The number of hydrogen-bond donors (Lipinski definition) is 1. The van der Waals surface area contributed by atoms with Crippen LogP contribution in [-0.4, -0.2) is 6.54 Å². The van der Waals surface area contributed by atoms with Gasteiger partial charge in [0.05, 0.1) is 0 Å².